The summed E-state index contributed by atoms with van der Waals surface area (Å²) >= 11 is 0. The molecule has 0 radical (unpaired) electrons. The summed E-state index contributed by atoms with van der Waals surface area (Å²) in [5, 5.41) is 0. The molecule has 3 rings (SSSR count). The first-order chi connectivity index (χ1) is 12.5. The van der Waals surface area contributed by atoms with E-state index in [0.717, 1.165) is 25.0 Å². The molecular weight excluding hydrogens is 314 g/mol. The Hall–Kier alpha value is -2.15. The fourth-order valence-electron chi connectivity index (χ4n) is 3.79. The summed E-state index contributed by atoms with van der Waals surface area (Å²) in [7, 11) is 0. The highest BCUT2D eigenvalue weighted by Gasteiger charge is 2.35. The fraction of sp³-hybridized carbons (Fsp3) is 0.400. The Kier molecular flexibility index (Phi) is 5.46. The lowest BCUT2D eigenvalue weighted by Crippen LogP contribution is -2.27. The van der Waals surface area contributed by atoms with E-state index in [0.29, 0.717) is 5.92 Å². The summed E-state index contributed by atoms with van der Waals surface area (Å²) in [6, 6.07) is 13.3. The van der Waals surface area contributed by atoms with Crippen LogP contribution in [0.5, 0.6) is 0 Å². The molecule has 1 atom stereocenters. The molecule has 1 aromatic carbocycles. The third-order valence-corrected chi connectivity index (χ3v) is 6.08. The topological polar surface area (TPSA) is 12.9 Å². The lowest BCUT2D eigenvalue weighted by Gasteiger charge is -2.38. The second kappa shape index (κ2) is 7.61. The first-order valence-electron chi connectivity index (χ1n) is 9.95. The van der Waals surface area contributed by atoms with Crippen molar-refractivity contribution in [3.05, 3.63) is 77.1 Å². The van der Waals surface area contributed by atoms with E-state index >= 15 is 0 Å². The number of benzene rings is 1. The number of aryl methyl sites for hydroxylation is 2. The van der Waals surface area contributed by atoms with Gasteiger partial charge in [0.25, 0.3) is 0 Å². The molecule has 1 heteroatoms. The molecule has 1 aromatic heterocycles. The molecule has 0 bridgehead atoms. The van der Waals surface area contributed by atoms with Crippen LogP contribution >= 0.6 is 0 Å². The fourth-order valence-corrected chi connectivity index (χ4v) is 3.79. The first-order valence-corrected chi connectivity index (χ1v) is 9.95. The Morgan fingerprint density at radius 2 is 1.73 bits per heavy atom. The van der Waals surface area contributed by atoms with Gasteiger partial charge in [-0.05, 0) is 71.2 Å². The van der Waals surface area contributed by atoms with Gasteiger partial charge in [-0.1, -0.05) is 65.0 Å². The standard InChI is InChI=1S/C25H31N/c1-6-19-14-20(7-2)16-22(15-19)21-11-12-25(5,18(3)4)23(17-21)24-10-8-9-13-26-24/h8-11,13-18H,6-7,12H2,1-5H3. The van der Waals surface area contributed by atoms with Gasteiger partial charge in [0.2, 0.25) is 0 Å². The van der Waals surface area contributed by atoms with Crippen LogP contribution in [-0.2, 0) is 12.8 Å². The summed E-state index contributed by atoms with van der Waals surface area (Å²) in [5.41, 5.74) is 8.13. The summed E-state index contributed by atoms with van der Waals surface area (Å²) in [5.74, 6) is 0.557. The normalized spacial score (nSPS) is 20.1. The predicted molar refractivity (Wildman–Crippen MR) is 113 cm³/mol. The molecule has 0 saturated heterocycles. The van der Waals surface area contributed by atoms with Crippen LogP contribution in [0.1, 0.15) is 63.4 Å². The van der Waals surface area contributed by atoms with E-state index in [9.17, 15) is 0 Å². The highest BCUT2D eigenvalue weighted by molar-refractivity contribution is 5.87. The number of allylic oxidation sites excluding steroid dienone is 4. The van der Waals surface area contributed by atoms with Crippen LogP contribution < -0.4 is 0 Å². The minimum Gasteiger partial charge on any atom is -0.257 e. The molecule has 1 heterocycles. The highest BCUT2D eigenvalue weighted by atomic mass is 14.7. The summed E-state index contributed by atoms with van der Waals surface area (Å²) in [6.45, 7) is 11.5. The van der Waals surface area contributed by atoms with Crippen molar-refractivity contribution in [2.75, 3.05) is 0 Å². The van der Waals surface area contributed by atoms with Crippen molar-refractivity contribution < 1.29 is 0 Å². The Morgan fingerprint density at radius 1 is 1.04 bits per heavy atom. The van der Waals surface area contributed by atoms with Crippen molar-refractivity contribution in [2.45, 2.75) is 53.9 Å². The van der Waals surface area contributed by atoms with Crippen LogP contribution in [0.2, 0.25) is 0 Å². The average molecular weight is 346 g/mol. The van der Waals surface area contributed by atoms with Gasteiger partial charge < -0.3 is 0 Å². The lowest BCUT2D eigenvalue weighted by atomic mass is 9.66. The Morgan fingerprint density at radius 3 is 2.27 bits per heavy atom. The second-order valence-corrected chi connectivity index (χ2v) is 7.95. The number of pyridine rings is 1. The Balaban J connectivity index is 2.11. The third-order valence-electron chi connectivity index (χ3n) is 6.08. The summed E-state index contributed by atoms with van der Waals surface area (Å²) in [6.07, 6.45) is 9.94. The van der Waals surface area contributed by atoms with Crippen LogP contribution in [0, 0.1) is 11.3 Å². The molecule has 26 heavy (non-hydrogen) atoms. The van der Waals surface area contributed by atoms with Gasteiger partial charge in [-0.15, -0.1) is 0 Å². The van der Waals surface area contributed by atoms with Gasteiger partial charge in [-0.2, -0.15) is 0 Å². The third kappa shape index (κ3) is 3.53. The molecule has 0 fully saturated rings. The van der Waals surface area contributed by atoms with E-state index in [1.54, 1.807) is 0 Å². The van der Waals surface area contributed by atoms with Gasteiger partial charge in [0.1, 0.15) is 0 Å². The summed E-state index contributed by atoms with van der Waals surface area (Å²) < 4.78 is 0. The molecule has 1 aliphatic carbocycles. The maximum atomic E-state index is 4.68. The monoisotopic (exact) mass is 345 g/mol. The van der Waals surface area contributed by atoms with Gasteiger partial charge in [0, 0.05) is 11.6 Å². The van der Waals surface area contributed by atoms with E-state index in [2.05, 4.69) is 82.1 Å². The number of rotatable bonds is 5. The van der Waals surface area contributed by atoms with Crippen LogP contribution in [-0.4, -0.2) is 4.98 Å². The zero-order valence-corrected chi connectivity index (χ0v) is 16.8. The van der Waals surface area contributed by atoms with E-state index in [-0.39, 0.29) is 5.41 Å². The zero-order chi connectivity index (χ0) is 18.7. The molecule has 136 valence electrons. The van der Waals surface area contributed by atoms with Crippen molar-refractivity contribution in [3.63, 3.8) is 0 Å². The van der Waals surface area contributed by atoms with Crippen LogP contribution in [0.3, 0.4) is 0 Å². The van der Waals surface area contributed by atoms with Gasteiger partial charge >= 0.3 is 0 Å². The Labute approximate surface area is 158 Å². The van der Waals surface area contributed by atoms with E-state index in [4.69, 9.17) is 0 Å². The van der Waals surface area contributed by atoms with E-state index in [1.165, 1.54) is 27.8 Å². The molecular formula is C25H31N. The minimum absolute atomic E-state index is 0.119. The number of hydrogen-bond donors (Lipinski definition) is 0. The molecule has 0 spiro atoms. The van der Waals surface area contributed by atoms with Crippen LogP contribution in [0.25, 0.3) is 11.1 Å². The first kappa shape index (κ1) is 18.6. The van der Waals surface area contributed by atoms with Crippen LogP contribution in [0.4, 0.5) is 0 Å². The number of hydrogen-bond acceptors (Lipinski definition) is 1. The lowest BCUT2D eigenvalue weighted by molar-refractivity contribution is 0.315. The predicted octanol–water partition coefficient (Wildman–Crippen LogP) is 6.74. The van der Waals surface area contributed by atoms with E-state index < -0.39 is 0 Å². The van der Waals surface area contributed by atoms with E-state index in [1.807, 2.05) is 12.3 Å². The molecule has 0 saturated carbocycles. The van der Waals surface area contributed by atoms with Crippen molar-refractivity contribution in [1.82, 2.24) is 4.98 Å². The zero-order valence-electron chi connectivity index (χ0n) is 16.8. The van der Waals surface area contributed by atoms with Gasteiger partial charge in [0.05, 0.1) is 5.69 Å². The average Bonchev–Trinajstić information content (AvgIpc) is 2.68. The quantitative estimate of drug-likeness (QED) is 0.585. The van der Waals surface area contributed by atoms with Gasteiger partial charge in [-0.25, -0.2) is 0 Å². The number of aromatic nitrogens is 1. The SMILES string of the molecule is CCc1cc(CC)cc(C2=CCC(C)(C(C)C)C(c3ccccn3)=C2)c1. The molecule has 1 nitrogen and oxygen atoms in total. The van der Waals surface area contributed by atoms with Crippen molar-refractivity contribution in [2.24, 2.45) is 11.3 Å². The van der Waals surface area contributed by atoms with Gasteiger partial charge in [-0.3, -0.25) is 4.98 Å². The maximum Gasteiger partial charge on any atom is 0.0667 e. The van der Waals surface area contributed by atoms with Crippen LogP contribution in [0.15, 0.2) is 54.7 Å². The summed E-state index contributed by atoms with van der Waals surface area (Å²) in [4.78, 5) is 4.68. The van der Waals surface area contributed by atoms with Crippen molar-refractivity contribution in [3.8, 4) is 0 Å². The van der Waals surface area contributed by atoms with Crippen molar-refractivity contribution >= 4 is 11.1 Å². The molecule has 0 amide bonds. The molecule has 1 aliphatic rings. The van der Waals surface area contributed by atoms with Gasteiger partial charge in [0.15, 0.2) is 0 Å². The Bertz CT molecular complexity index is 804. The maximum absolute atomic E-state index is 4.68. The highest BCUT2D eigenvalue weighted by Crippen LogP contribution is 2.48. The smallest absolute Gasteiger partial charge is 0.0667 e. The molecule has 0 aliphatic heterocycles. The second-order valence-electron chi connectivity index (χ2n) is 7.95. The molecule has 0 N–H and O–H groups in total. The molecule has 1 unspecified atom stereocenters. The largest absolute Gasteiger partial charge is 0.257 e. The number of nitrogens with zero attached hydrogens (tertiary/aromatic N) is 1. The molecule has 2 aromatic rings. The minimum atomic E-state index is 0.119. The van der Waals surface area contributed by atoms with Crippen molar-refractivity contribution in [1.29, 1.82) is 0 Å².